The third-order valence-corrected chi connectivity index (χ3v) is 12.5. The minimum absolute atomic E-state index is 0.0282. The number of hydrogen-bond acceptors (Lipinski definition) is 6. The van der Waals surface area contributed by atoms with Gasteiger partial charge in [0.05, 0.1) is 40.1 Å². The normalized spacial score (nSPS) is 25.6. The molecule has 42 heavy (non-hydrogen) atoms. The molecule has 6 rings (SSSR count). The minimum Gasteiger partial charge on any atom is -0.496 e. The second-order valence-electron chi connectivity index (χ2n) is 12.0. The van der Waals surface area contributed by atoms with Crippen molar-refractivity contribution in [2.45, 2.75) is 45.3 Å². The van der Waals surface area contributed by atoms with Crippen LogP contribution in [0.5, 0.6) is 5.75 Å². The van der Waals surface area contributed by atoms with Crippen molar-refractivity contribution in [3.05, 3.63) is 99.0 Å². The summed E-state index contributed by atoms with van der Waals surface area (Å²) in [4.78, 5) is 28.2. The first-order valence-corrected chi connectivity index (χ1v) is 16.2. The molecule has 7 nitrogen and oxygen atoms in total. The molecule has 3 fully saturated rings. The Morgan fingerprint density at radius 3 is 2.29 bits per heavy atom. The number of amides is 1. The van der Waals surface area contributed by atoms with Crippen molar-refractivity contribution in [3.63, 3.8) is 0 Å². The molecule has 1 amide bonds. The molecule has 1 saturated heterocycles. The number of rotatable bonds is 6. The highest BCUT2D eigenvalue weighted by Crippen LogP contribution is 2.70. The van der Waals surface area contributed by atoms with Gasteiger partial charge in [-0.15, -0.1) is 0 Å². The molecule has 0 aromatic heterocycles. The van der Waals surface area contributed by atoms with Gasteiger partial charge >= 0.3 is 5.97 Å². The highest BCUT2D eigenvalue weighted by molar-refractivity contribution is 7.90. The molecule has 0 unspecified atom stereocenters. The van der Waals surface area contributed by atoms with Gasteiger partial charge < -0.3 is 9.47 Å². The summed E-state index contributed by atoms with van der Waals surface area (Å²) in [5.74, 6) is -0.906. The number of benzene rings is 3. The summed E-state index contributed by atoms with van der Waals surface area (Å²) in [6.07, 6.45) is 1.39. The maximum atomic E-state index is 14.2. The fourth-order valence-corrected chi connectivity index (χ4v) is 10.4. The van der Waals surface area contributed by atoms with E-state index in [1.165, 1.54) is 19.2 Å². The van der Waals surface area contributed by atoms with Gasteiger partial charge in [-0.25, -0.2) is 17.5 Å². The van der Waals surface area contributed by atoms with E-state index in [0.29, 0.717) is 29.2 Å². The first-order chi connectivity index (χ1) is 19.9. The topological polar surface area (TPSA) is 90.0 Å². The van der Waals surface area contributed by atoms with E-state index in [2.05, 4.69) is 13.8 Å². The number of methoxy groups -OCH3 is 1. The lowest BCUT2D eigenvalue weighted by molar-refractivity contribution is 0.0369. The summed E-state index contributed by atoms with van der Waals surface area (Å²) in [7, 11) is -2.43. The van der Waals surface area contributed by atoms with E-state index in [-0.39, 0.29) is 32.3 Å². The summed E-state index contributed by atoms with van der Waals surface area (Å²) in [5, 5.41) is 0.0658. The zero-order valence-corrected chi connectivity index (χ0v) is 25.8. The van der Waals surface area contributed by atoms with Crippen molar-refractivity contribution in [1.29, 1.82) is 0 Å². The Bertz CT molecular complexity index is 1690. The second-order valence-corrected chi connectivity index (χ2v) is 14.6. The van der Waals surface area contributed by atoms with Gasteiger partial charge in [0, 0.05) is 11.0 Å². The molecule has 1 heterocycles. The SMILES string of the molecule is COc1ccccc1[C@H](OC(=O)c1cc(Cl)c(Cl)cc1C(=O)N1[C@@H]2C[C@H]3CC[C@]2(CS1(=O)=O)C3(C)C)c1ccccc1. The third kappa shape index (κ3) is 4.33. The van der Waals surface area contributed by atoms with Gasteiger partial charge in [0.15, 0.2) is 6.10 Å². The summed E-state index contributed by atoms with van der Waals surface area (Å²) in [6.45, 7) is 4.22. The monoisotopic (exact) mass is 627 g/mol. The van der Waals surface area contributed by atoms with Crippen molar-refractivity contribution in [1.82, 2.24) is 4.31 Å². The van der Waals surface area contributed by atoms with Gasteiger partial charge in [-0.3, -0.25) is 4.79 Å². The van der Waals surface area contributed by atoms with Gasteiger partial charge in [0.1, 0.15) is 5.75 Å². The van der Waals surface area contributed by atoms with Gasteiger partial charge in [0.2, 0.25) is 10.0 Å². The van der Waals surface area contributed by atoms with E-state index < -0.39 is 39.5 Å². The largest absolute Gasteiger partial charge is 0.496 e. The average Bonchev–Trinajstić information content (AvgIpc) is 3.45. The van der Waals surface area contributed by atoms with Crippen LogP contribution < -0.4 is 4.74 Å². The Kier molecular flexibility index (Phi) is 7.10. The van der Waals surface area contributed by atoms with E-state index in [1.54, 1.807) is 18.2 Å². The number of halogens is 2. The number of para-hydroxylation sites is 1. The number of sulfonamides is 1. The molecule has 4 atom stereocenters. The van der Waals surface area contributed by atoms with Gasteiger partial charge in [-0.05, 0) is 54.4 Å². The smallest absolute Gasteiger partial charge is 0.339 e. The summed E-state index contributed by atoms with van der Waals surface area (Å²) < 4.78 is 39.9. The predicted octanol–water partition coefficient (Wildman–Crippen LogP) is 6.93. The fourth-order valence-electron chi connectivity index (χ4n) is 7.56. The van der Waals surface area contributed by atoms with Crippen molar-refractivity contribution in [2.75, 3.05) is 12.9 Å². The van der Waals surface area contributed by atoms with Crippen LogP contribution in [0.2, 0.25) is 10.0 Å². The van der Waals surface area contributed by atoms with Crippen LogP contribution in [0.3, 0.4) is 0 Å². The van der Waals surface area contributed by atoms with Crippen LogP contribution in [-0.2, 0) is 14.8 Å². The molecule has 2 saturated carbocycles. The molecule has 3 aromatic carbocycles. The number of esters is 1. The second kappa shape index (κ2) is 10.3. The molecule has 10 heteroatoms. The summed E-state index contributed by atoms with van der Waals surface area (Å²) >= 11 is 12.7. The lowest BCUT2D eigenvalue weighted by atomic mass is 9.69. The molecule has 2 aliphatic carbocycles. The van der Waals surface area contributed by atoms with Crippen molar-refractivity contribution >= 4 is 45.1 Å². The van der Waals surface area contributed by atoms with Crippen molar-refractivity contribution in [2.24, 2.45) is 16.7 Å². The first kappa shape index (κ1) is 29.0. The van der Waals surface area contributed by atoms with Crippen LogP contribution in [-0.4, -0.2) is 43.5 Å². The summed E-state index contributed by atoms with van der Waals surface area (Å²) in [5.41, 5.74) is 0.200. The highest BCUT2D eigenvalue weighted by atomic mass is 35.5. The maximum Gasteiger partial charge on any atom is 0.339 e. The molecule has 220 valence electrons. The minimum atomic E-state index is -3.95. The van der Waals surface area contributed by atoms with E-state index in [0.717, 1.165) is 17.1 Å². The van der Waals surface area contributed by atoms with Crippen LogP contribution in [0.25, 0.3) is 0 Å². The Morgan fingerprint density at radius 1 is 0.976 bits per heavy atom. The number of nitrogens with zero attached hydrogens (tertiary/aromatic N) is 1. The Morgan fingerprint density at radius 2 is 1.62 bits per heavy atom. The molecule has 3 aromatic rings. The molecule has 0 N–H and O–H groups in total. The van der Waals surface area contributed by atoms with E-state index >= 15 is 0 Å². The molecule has 2 bridgehead atoms. The number of carbonyl (C=O) groups excluding carboxylic acids is 2. The lowest BCUT2D eigenvalue weighted by Gasteiger charge is -2.37. The number of ether oxygens (including phenoxy) is 2. The first-order valence-electron chi connectivity index (χ1n) is 13.9. The van der Waals surface area contributed by atoms with Gasteiger partial charge in [-0.1, -0.05) is 85.6 Å². The van der Waals surface area contributed by atoms with Crippen molar-refractivity contribution in [3.8, 4) is 5.75 Å². The van der Waals surface area contributed by atoms with Crippen LogP contribution in [0.15, 0.2) is 66.7 Å². The quantitative estimate of drug-likeness (QED) is 0.275. The number of carbonyl (C=O) groups is 2. The molecule has 3 aliphatic rings. The zero-order chi connectivity index (χ0) is 30.0. The third-order valence-electron chi connectivity index (χ3n) is 9.87. The van der Waals surface area contributed by atoms with Crippen LogP contribution in [0, 0.1) is 16.7 Å². The van der Waals surface area contributed by atoms with Crippen LogP contribution in [0.4, 0.5) is 0 Å². The molecular formula is C32H31Cl2NO6S. The summed E-state index contributed by atoms with van der Waals surface area (Å²) in [6, 6.07) is 18.4. The van der Waals surface area contributed by atoms with Crippen LogP contribution in [0.1, 0.15) is 71.1 Å². The Hall–Kier alpha value is -3.07. The molecule has 1 aliphatic heterocycles. The molecule has 0 radical (unpaired) electrons. The Labute approximate surface area is 255 Å². The van der Waals surface area contributed by atoms with Gasteiger partial charge in [-0.2, -0.15) is 0 Å². The van der Waals surface area contributed by atoms with E-state index in [4.69, 9.17) is 32.7 Å². The number of hydrogen-bond donors (Lipinski definition) is 0. The maximum absolute atomic E-state index is 14.2. The van der Waals surface area contributed by atoms with Gasteiger partial charge in [0.25, 0.3) is 5.91 Å². The highest BCUT2D eigenvalue weighted by Gasteiger charge is 2.72. The standard InChI is InChI=1S/C32H31Cl2NO6S/c1-31(2)20-13-14-32(31)18-42(38,39)35(27(32)15-20)29(36)22-16-24(33)25(34)17-23(22)30(37)41-28(19-9-5-4-6-10-19)21-11-7-8-12-26(21)40-3/h4-12,16-17,20,27-28H,13-15,18H2,1-3H3/t20-,27-,28-,32-/m1/s1. The molecular weight excluding hydrogens is 597 g/mol. The van der Waals surface area contributed by atoms with Crippen LogP contribution >= 0.6 is 23.2 Å². The molecule has 1 spiro atoms. The fraction of sp³-hybridized carbons (Fsp3) is 0.375. The van der Waals surface area contributed by atoms with E-state index in [1.807, 2.05) is 36.4 Å². The number of fused-ring (bicyclic) bond motifs is 1. The zero-order valence-electron chi connectivity index (χ0n) is 23.5. The average molecular weight is 629 g/mol. The predicted molar refractivity (Wildman–Crippen MR) is 160 cm³/mol. The lowest BCUT2D eigenvalue weighted by Crippen LogP contribution is -2.44. The van der Waals surface area contributed by atoms with Crippen molar-refractivity contribution < 1.29 is 27.5 Å². The van der Waals surface area contributed by atoms with E-state index in [9.17, 15) is 18.0 Å². The Balaban J connectivity index is 1.41.